The van der Waals surface area contributed by atoms with E-state index in [2.05, 4.69) is 27.8 Å². The molecule has 0 atom stereocenters. The molecule has 0 unspecified atom stereocenters. The Morgan fingerprint density at radius 3 is 3.12 bits per heavy atom. The second-order valence-corrected chi connectivity index (χ2v) is 4.23. The van der Waals surface area contributed by atoms with Crippen molar-refractivity contribution in [1.82, 2.24) is 15.5 Å². The van der Waals surface area contributed by atoms with Crippen molar-refractivity contribution in [3.63, 3.8) is 0 Å². The van der Waals surface area contributed by atoms with E-state index in [0.717, 1.165) is 18.5 Å². The second-order valence-electron chi connectivity index (χ2n) is 4.23. The summed E-state index contributed by atoms with van der Waals surface area (Å²) >= 11 is 0. The van der Waals surface area contributed by atoms with Crippen LogP contribution < -0.4 is 10.6 Å². The maximum atomic E-state index is 11.5. The standard InChI is InChI=1S/C11H18N4O/c1-2-3-9-6-10(15-14-9)13-11(16)7-12-8-4-5-8/h6,8,12H,2-5,7H2,1H3,(H2,13,14,15,16). The molecule has 1 aliphatic rings. The molecule has 0 bridgehead atoms. The van der Waals surface area contributed by atoms with Crippen molar-refractivity contribution >= 4 is 11.7 Å². The van der Waals surface area contributed by atoms with Crippen LogP contribution >= 0.6 is 0 Å². The number of aromatic amines is 1. The van der Waals surface area contributed by atoms with Gasteiger partial charge in [-0.3, -0.25) is 9.89 Å². The molecule has 1 amide bonds. The van der Waals surface area contributed by atoms with Gasteiger partial charge in [0.15, 0.2) is 5.82 Å². The molecule has 1 heterocycles. The summed E-state index contributed by atoms with van der Waals surface area (Å²) < 4.78 is 0. The summed E-state index contributed by atoms with van der Waals surface area (Å²) in [5, 5.41) is 12.9. The van der Waals surface area contributed by atoms with Gasteiger partial charge in [-0.1, -0.05) is 13.3 Å². The molecule has 1 aliphatic carbocycles. The van der Waals surface area contributed by atoms with E-state index >= 15 is 0 Å². The minimum Gasteiger partial charge on any atom is -0.308 e. The fourth-order valence-electron chi connectivity index (χ4n) is 1.53. The minimum atomic E-state index is -0.0264. The number of nitrogens with zero attached hydrogens (tertiary/aromatic N) is 1. The first-order valence-corrected chi connectivity index (χ1v) is 5.85. The number of H-pyrrole nitrogens is 1. The quantitative estimate of drug-likeness (QED) is 0.674. The van der Waals surface area contributed by atoms with Gasteiger partial charge < -0.3 is 10.6 Å². The fraction of sp³-hybridized carbons (Fsp3) is 0.636. The van der Waals surface area contributed by atoms with Crippen molar-refractivity contribution in [3.8, 4) is 0 Å². The molecule has 5 nitrogen and oxygen atoms in total. The Kier molecular flexibility index (Phi) is 3.56. The third-order valence-electron chi connectivity index (χ3n) is 2.55. The van der Waals surface area contributed by atoms with E-state index in [0.29, 0.717) is 18.4 Å². The lowest BCUT2D eigenvalue weighted by atomic mass is 10.2. The third kappa shape index (κ3) is 3.34. The second kappa shape index (κ2) is 5.12. The number of aryl methyl sites for hydroxylation is 1. The summed E-state index contributed by atoms with van der Waals surface area (Å²) in [4.78, 5) is 11.5. The molecular formula is C11H18N4O. The van der Waals surface area contributed by atoms with Crippen LogP contribution in [0.3, 0.4) is 0 Å². The van der Waals surface area contributed by atoms with Gasteiger partial charge >= 0.3 is 0 Å². The molecule has 16 heavy (non-hydrogen) atoms. The average molecular weight is 222 g/mol. The molecule has 0 aromatic carbocycles. The van der Waals surface area contributed by atoms with Gasteiger partial charge in [0.25, 0.3) is 0 Å². The molecule has 2 rings (SSSR count). The zero-order valence-corrected chi connectivity index (χ0v) is 9.55. The molecular weight excluding hydrogens is 204 g/mol. The molecule has 1 aromatic heterocycles. The lowest BCUT2D eigenvalue weighted by Gasteiger charge is -2.02. The van der Waals surface area contributed by atoms with Gasteiger partial charge in [-0.25, -0.2) is 0 Å². The minimum absolute atomic E-state index is 0.0264. The van der Waals surface area contributed by atoms with Gasteiger partial charge in [0.1, 0.15) is 0 Å². The van der Waals surface area contributed by atoms with E-state index in [4.69, 9.17) is 0 Å². The van der Waals surface area contributed by atoms with E-state index in [1.807, 2.05) is 6.07 Å². The summed E-state index contributed by atoms with van der Waals surface area (Å²) in [5.74, 6) is 0.590. The number of hydrogen-bond acceptors (Lipinski definition) is 3. The van der Waals surface area contributed by atoms with Gasteiger partial charge in [0, 0.05) is 17.8 Å². The number of aromatic nitrogens is 2. The van der Waals surface area contributed by atoms with Crippen LogP contribution in [0.2, 0.25) is 0 Å². The Morgan fingerprint density at radius 1 is 1.62 bits per heavy atom. The van der Waals surface area contributed by atoms with E-state index in [9.17, 15) is 4.79 Å². The molecule has 1 aromatic rings. The fourth-order valence-corrected chi connectivity index (χ4v) is 1.53. The highest BCUT2D eigenvalue weighted by Crippen LogP contribution is 2.18. The molecule has 88 valence electrons. The number of carbonyl (C=O) groups excluding carboxylic acids is 1. The number of amides is 1. The van der Waals surface area contributed by atoms with Crippen LogP contribution in [0.25, 0.3) is 0 Å². The van der Waals surface area contributed by atoms with Crippen molar-refractivity contribution in [2.75, 3.05) is 11.9 Å². The van der Waals surface area contributed by atoms with Crippen molar-refractivity contribution in [1.29, 1.82) is 0 Å². The van der Waals surface area contributed by atoms with Crippen molar-refractivity contribution in [3.05, 3.63) is 11.8 Å². The Labute approximate surface area is 95.0 Å². The topological polar surface area (TPSA) is 69.8 Å². The lowest BCUT2D eigenvalue weighted by molar-refractivity contribution is -0.115. The largest absolute Gasteiger partial charge is 0.308 e. The number of nitrogens with one attached hydrogen (secondary N) is 3. The van der Waals surface area contributed by atoms with E-state index in [1.165, 1.54) is 12.8 Å². The van der Waals surface area contributed by atoms with Gasteiger partial charge in [0.05, 0.1) is 6.54 Å². The van der Waals surface area contributed by atoms with Crippen LogP contribution in [-0.2, 0) is 11.2 Å². The highest BCUT2D eigenvalue weighted by molar-refractivity contribution is 5.91. The van der Waals surface area contributed by atoms with E-state index < -0.39 is 0 Å². The molecule has 5 heteroatoms. The smallest absolute Gasteiger partial charge is 0.239 e. The Bertz CT molecular complexity index is 357. The Morgan fingerprint density at radius 2 is 2.44 bits per heavy atom. The Balaban J connectivity index is 1.75. The van der Waals surface area contributed by atoms with Crippen LogP contribution in [0.1, 0.15) is 31.9 Å². The maximum absolute atomic E-state index is 11.5. The third-order valence-corrected chi connectivity index (χ3v) is 2.55. The molecule has 0 spiro atoms. The zero-order chi connectivity index (χ0) is 11.4. The number of carbonyl (C=O) groups is 1. The molecule has 0 radical (unpaired) electrons. The predicted octanol–water partition coefficient (Wildman–Crippen LogP) is 1.05. The number of rotatable bonds is 6. The van der Waals surface area contributed by atoms with Gasteiger partial charge in [0.2, 0.25) is 5.91 Å². The molecule has 3 N–H and O–H groups in total. The number of anilines is 1. The van der Waals surface area contributed by atoms with Crippen molar-refractivity contribution in [2.24, 2.45) is 0 Å². The van der Waals surface area contributed by atoms with Gasteiger partial charge in [-0.15, -0.1) is 0 Å². The number of hydrogen-bond donors (Lipinski definition) is 3. The highest BCUT2D eigenvalue weighted by Gasteiger charge is 2.21. The molecule has 0 saturated heterocycles. The van der Waals surface area contributed by atoms with Crippen molar-refractivity contribution < 1.29 is 4.79 Å². The first-order chi connectivity index (χ1) is 7.78. The Hall–Kier alpha value is -1.36. The molecule has 0 aliphatic heterocycles. The summed E-state index contributed by atoms with van der Waals surface area (Å²) in [6.07, 6.45) is 4.41. The summed E-state index contributed by atoms with van der Waals surface area (Å²) in [7, 11) is 0. The van der Waals surface area contributed by atoms with Crippen LogP contribution in [0.5, 0.6) is 0 Å². The summed E-state index contributed by atoms with van der Waals surface area (Å²) in [6, 6.07) is 2.44. The zero-order valence-electron chi connectivity index (χ0n) is 9.55. The summed E-state index contributed by atoms with van der Waals surface area (Å²) in [5.41, 5.74) is 1.06. The molecule has 1 fully saturated rings. The van der Waals surface area contributed by atoms with Gasteiger partial charge in [-0.2, -0.15) is 5.10 Å². The van der Waals surface area contributed by atoms with E-state index in [1.54, 1.807) is 0 Å². The first-order valence-electron chi connectivity index (χ1n) is 5.85. The highest BCUT2D eigenvalue weighted by atomic mass is 16.2. The van der Waals surface area contributed by atoms with Crippen molar-refractivity contribution in [2.45, 2.75) is 38.6 Å². The van der Waals surface area contributed by atoms with Gasteiger partial charge in [-0.05, 0) is 19.3 Å². The first kappa shape index (κ1) is 11.1. The molecule has 1 saturated carbocycles. The summed E-state index contributed by atoms with van der Waals surface area (Å²) in [6.45, 7) is 2.49. The monoisotopic (exact) mass is 222 g/mol. The normalized spacial score (nSPS) is 15.1. The van der Waals surface area contributed by atoms with Crippen LogP contribution in [0, 0.1) is 0 Å². The van der Waals surface area contributed by atoms with Crippen LogP contribution in [0.4, 0.5) is 5.82 Å². The van der Waals surface area contributed by atoms with Crippen LogP contribution in [-0.4, -0.2) is 28.7 Å². The predicted molar refractivity (Wildman–Crippen MR) is 62.2 cm³/mol. The van der Waals surface area contributed by atoms with Crippen LogP contribution in [0.15, 0.2) is 6.07 Å². The maximum Gasteiger partial charge on any atom is 0.239 e. The SMILES string of the molecule is CCCc1cc(NC(=O)CNC2CC2)n[nH]1. The van der Waals surface area contributed by atoms with E-state index in [-0.39, 0.29) is 5.91 Å². The lowest BCUT2D eigenvalue weighted by Crippen LogP contribution is -2.29. The average Bonchev–Trinajstić information content (AvgIpc) is 2.99.